The molecule has 1 aliphatic rings. The molecule has 15 heavy (non-hydrogen) atoms. The van der Waals surface area contributed by atoms with E-state index in [-0.39, 0.29) is 39.4 Å². The van der Waals surface area contributed by atoms with Gasteiger partial charge in [0.1, 0.15) is 6.42 Å². The summed E-state index contributed by atoms with van der Waals surface area (Å²) in [6.45, 7) is 3.61. The largest absolute Gasteiger partial charge is 0.661 e. The second-order valence-electron chi connectivity index (χ2n) is 3.77. The molecule has 0 saturated carbocycles. The number of likely N-dealkylation sites (tertiary alicyclic amines) is 1. The van der Waals surface area contributed by atoms with Gasteiger partial charge < -0.3 is 10.2 Å². The summed E-state index contributed by atoms with van der Waals surface area (Å²) < 4.78 is 0. The van der Waals surface area contributed by atoms with E-state index < -0.39 is 0 Å². The molecule has 84 valence electrons. The topological polar surface area (TPSA) is 58.2 Å². The molecular formula is C10H16N3OW-. The van der Waals surface area contributed by atoms with Crippen molar-refractivity contribution in [1.82, 2.24) is 4.90 Å². The van der Waals surface area contributed by atoms with Crippen LogP contribution >= 0.6 is 0 Å². The SMILES string of the molecule is C[N-][C@H]1CN(C(=O)CC#N)CC[C@H]1C.[W]. The zero-order valence-electron chi connectivity index (χ0n) is 9.14. The fraction of sp³-hybridized carbons (Fsp3) is 0.800. The average Bonchev–Trinajstić information content (AvgIpc) is 2.19. The fourth-order valence-electron chi connectivity index (χ4n) is 1.79. The molecule has 0 radical (unpaired) electrons. The van der Waals surface area contributed by atoms with E-state index in [9.17, 15) is 4.79 Å². The van der Waals surface area contributed by atoms with E-state index in [1.807, 2.05) is 6.07 Å². The van der Waals surface area contributed by atoms with Crippen LogP contribution in [0.4, 0.5) is 0 Å². The number of likely N-dealkylation sites (N-methyl/N-ethyl adjacent to an activating group) is 1. The van der Waals surface area contributed by atoms with Crippen molar-refractivity contribution in [2.24, 2.45) is 5.92 Å². The smallest absolute Gasteiger partial charge is 0.236 e. The van der Waals surface area contributed by atoms with Crippen LogP contribution < -0.4 is 0 Å². The summed E-state index contributed by atoms with van der Waals surface area (Å²) in [6, 6.07) is 2.13. The van der Waals surface area contributed by atoms with Crippen molar-refractivity contribution < 1.29 is 25.9 Å². The minimum Gasteiger partial charge on any atom is -0.661 e. The second kappa shape index (κ2) is 6.98. The standard InChI is InChI=1S/C10H16N3O.W/c1-8-4-6-13(7-9(8)12-2)10(14)3-5-11;/h8-9H,3-4,6-7H2,1-2H3;/q-1;/t8-,9+;/m1./s1. The molecular weight excluding hydrogens is 362 g/mol. The average molecular weight is 378 g/mol. The van der Waals surface area contributed by atoms with E-state index in [1.165, 1.54) is 0 Å². The Hall–Kier alpha value is -0.392. The van der Waals surface area contributed by atoms with Crippen LogP contribution in [0.3, 0.4) is 0 Å². The number of rotatable bonds is 2. The van der Waals surface area contributed by atoms with Crippen LogP contribution in [-0.2, 0) is 25.9 Å². The first-order chi connectivity index (χ1) is 6.69. The maximum Gasteiger partial charge on any atom is 0.236 e. The normalized spacial score (nSPS) is 25.3. The molecule has 0 N–H and O–H groups in total. The van der Waals surface area contributed by atoms with Crippen molar-refractivity contribution in [2.45, 2.75) is 25.8 Å². The van der Waals surface area contributed by atoms with Gasteiger partial charge in [-0.05, 0) is 6.42 Å². The van der Waals surface area contributed by atoms with Crippen LogP contribution in [-0.4, -0.2) is 37.0 Å². The van der Waals surface area contributed by atoms with Crippen molar-refractivity contribution in [3.63, 3.8) is 0 Å². The zero-order valence-corrected chi connectivity index (χ0v) is 12.1. The van der Waals surface area contributed by atoms with Gasteiger partial charge in [0.2, 0.25) is 5.91 Å². The Bertz CT molecular complexity index is 252. The third-order valence-corrected chi connectivity index (χ3v) is 2.83. The summed E-state index contributed by atoms with van der Waals surface area (Å²) in [6.07, 6.45) is 0.976. The monoisotopic (exact) mass is 378 g/mol. The second-order valence-corrected chi connectivity index (χ2v) is 3.77. The molecule has 0 aliphatic carbocycles. The number of hydrogen-bond acceptors (Lipinski definition) is 2. The maximum atomic E-state index is 11.4. The summed E-state index contributed by atoms with van der Waals surface area (Å²) >= 11 is 0. The molecule has 5 heteroatoms. The van der Waals surface area contributed by atoms with E-state index in [2.05, 4.69) is 12.2 Å². The van der Waals surface area contributed by atoms with Gasteiger partial charge in [-0.3, -0.25) is 4.79 Å². The van der Waals surface area contributed by atoms with Crippen molar-refractivity contribution >= 4 is 5.91 Å². The predicted octanol–water partition coefficient (Wildman–Crippen LogP) is 1.14. The van der Waals surface area contributed by atoms with E-state index in [0.717, 1.165) is 13.0 Å². The number of hydrogen-bond donors (Lipinski definition) is 0. The van der Waals surface area contributed by atoms with Crippen LogP contribution in [0.5, 0.6) is 0 Å². The number of piperidine rings is 1. The van der Waals surface area contributed by atoms with E-state index in [1.54, 1.807) is 11.9 Å². The maximum absolute atomic E-state index is 11.4. The first-order valence-corrected chi connectivity index (χ1v) is 4.92. The van der Waals surface area contributed by atoms with Gasteiger partial charge >= 0.3 is 0 Å². The van der Waals surface area contributed by atoms with Crippen LogP contribution in [0.1, 0.15) is 19.8 Å². The molecule has 1 heterocycles. The van der Waals surface area contributed by atoms with E-state index in [0.29, 0.717) is 12.5 Å². The molecule has 1 aliphatic heterocycles. The summed E-state index contributed by atoms with van der Waals surface area (Å²) in [5.74, 6) is 0.485. The van der Waals surface area contributed by atoms with Crippen LogP contribution in [0, 0.1) is 17.2 Å². The Balaban J connectivity index is 0.00000196. The number of nitrogens with zero attached hydrogens (tertiary/aromatic N) is 3. The van der Waals surface area contributed by atoms with Crippen molar-refractivity contribution in [3.8, 4) is 6.07 Å². The van der Waals surface area contributed by atoms with Gasteiger partial charge in [0.15, 0.2) is 0 Å². The minimum absolute atomic E-state index is 0. The number of amides is 1. The predicted molar refractivity (Wildman–Crippen MR) is 53.7 cm³/mol. The van der Waals surface area contributed by atoms with Crippen LogP contribution in [0.25, 0.3) is 5.32 Å². The number of carbonyl (C=O) groups excluding carboxylic acids is 1. The molecule has 1 fully saturated rings. The van der Waals surface area contributed by atoms with E-state index in [4.69, 9.17) is 5.26 Å². The quantitative estimate of drug-likeness (QED) is 0.724. The molecule has 0 aromatic rings. The van der Waals surface area contributed by atoms with Crippen LogP contribution in [0.15, 0.2) is 0 Å². The summed E-state index contributed by atoms with van der Waals surface area (Å²) in [7, 11) is 1.79. The number of nitriles is 1. The van der Waals surface area contributed by atoms with Gasteiger partial charge in [0.05, 0.1) is 6.07 Å². The Morgan fingerprint density at radius 2 is 2.33 bits per heavy atom. The van der Waals surface area contributed by atoms with Gasteiger partial charge in [-0.25, -0.2) is 0 Å². The molecule has 0 bridgehead atoms. The van der Waals surface area contributed by atoms with Crippen molar-refractivity contribution in [2.75, 3.05) is 20.1 Å². The molecule has 2 atom stereocenters. The van der Waals surface area contributed by atoms with Crippen LogP contribution in [0.2, 0.25) is 0 Å². The molecule has 0 unspecified atom stereocenters. The summed E-state index contributed by atoms with van der Waals surface area (Å²) in [5, 5.41) is 12.7. The van der Waals surface area contributed by atoms with Gasteiger partial charge in [0, 0.05) is 34.2 Å². The molecule has 0 spiro atoms. The van der Waals surface area contributed by atoms with Gasteiger partial charge in [-0.1, -0.05) is 12.8 Å². The van der Waals surface area contributed by atoms with Gasteiger partial charge in [-0.2, -0.15) is 12.3 Å². The minimum atomic E-state index is -0.0620. The number of carbonyl (C=O) groups is 1. The molecule has 0 aromatic carbocycles. The Morgan fingerprint density at radius 3 is 2.87 bits per heavy atom. The Morgan fingerprint density at radius 1 is 1.67 bits per heavy atom. The van der Waals surface area contributed by atoms with Gasteiger partial charge in [-0.15, -0.1) is 6.04 Å². The molecule has 1 rings (SSSR count). The Kier molecular flexibility index (Phi) is 6.80. The fourth-order valence-corrected chi connectivity index (χ4v) is 1.79. The molecule has 1 saturated heterocycles. The molecule has 4 nitrogen and oxygen atoms in total. The third kappa shape index (κ3) is 3.93. The summed E-state index contributed by atoms with van der Waals surface area (Å²) in [4.78, 5) is 13.2. The van der Waals surface area contributed by atoms with E-state index >= 15 is 0 Å². The Labute approximate surface area is 105 Å². The van der Waals surface area contributed by atoms with Crippen molar-refractivity contribution in [3.05, 3.63) is 5.32 Å². The third-order valence-electron chi connectivity index (χ3n) is 2.83. The molecule has 0 aromatic heterocycles. The first kappa shape index (κ1) is 14.6. The van der Waals surface area contributed by atoms with Crippen molar-refractivity contribution in [1.29, 1.82) is 5.26 Å². The van der Waals surface area contributed by atoms with Gasteiger partial charge in [0.25, 0.3) is 0 Å². The molecule has 1 amide bonds. The summed E-state index contributed by atoms with van der Waals surface area (Å²) in [5.41, 5.74) is 0. The zero-order chi connectivity index (χ0) is 10.6. The first-order valence-electron chi connectivity index (χ1n) is 4.92.